The molecule has 2 aromatic carbocycles. The molecule has 2 aromatic rings. The Morgan fingerprint density at radius 3 is 1.97 bits per heavy atom. The van der Waals surface area contributed by atoms with E-state index in [1.165, 1.54) is 4.90 Å². The summed E-state index contributed by atoms with van der Waals surface area (Å²) in [5.41, 5.74) is -2.55. The van der Waals surface area contributed by atoms with Gasteiger partial charge in [0.2, 0.25) is 11.8 Å². The van der Waals surface area contributed by atoms with Crippen LogP contribution >= 0.6 is 0 Å². The monoisotopic (exact) mass is 512 g/mol. The molecular weight excluding hydrogens is 486 g/mol. The van der Waals surface area contributed by atoms with Gasteiger partial charge < -0.3 is 10.2 Å². The lowest BCUT2D eigenvalue weighted by atomic mass is 9.72. The summed E-state index contributed by atoms with van der Waals surface area (Å²) in [4.78, 5) is 28.5. The molecule has 194 valence electrons. The quantitative estimate of drug-likeness (QED) is 0.454. The van der Waals surface area contributed by atoms with Crippen LogP contribution in [0.15, 0.2) is 36.4 Å². The average Bonchev–Trinajstić information content (AvgIpc) is 3.42. The lowest BCUT2D eigenvalue weighted by molar-refractivity contribution is -0.143. The number of alkyl halides is 6. The van der Waals surface area contributed by atoms with Gasteiger partial charge >= 0.3 is 12.4 Å². The van der Waals surface area contributed by atoms with Crippen molar-refractivity contribution in [1.29, 1.82) is 0 Å². The molecule has 4 rings (SSSR count). The Kier molecular flexibility index (Phi) is 6.59. The van der Waals surface area contributed by atoms with Crippen LogP contribution < -0.4 is 10.2 Å². The zero-order valence-electron chi connectivity index (χ0n) is 19.8. The summed E-state index contributed by atoms with van der Waals surface area (Å²) in [5, 5.41) is 2.33. The smallest absolute Gasteiger partial charge is 0.326 e. The van der Waals surface area contributed by atoms with Crippen LogP contribution in [0.4, 0.5) is 37.7 Å². The highest BCUT2D eigenvalue weighted by molar-refractivity contribution is 6.06. The first-order valence-corrected chi connectivity index (χ1v) is 11.7. The van der Waals surface area contributed by atoms with E-state index in [2.05, 4.69) is 5.32 Å². The van der Waals surface area contributed by atoms with Gasteiger partial charge in [-0.2, -0.15) is 26.3 Å². The molecule has 1 N–H and O–H groups in total. The highest BCUT2D eigenvalue weighted by atomic mass is 19.4. The number of nitrogens with one attached hydrogen (secondary N) is 1. The molecule has 1 unspecified atom stereocenters. The summed E-state index contributed by atoms with van der Waals surface area (Å²) >= 11 is 0. The van der Waals surface area contributed by atoms with E-state index in [4.69, 9.17) is 0 Å². The maximum atomic E-state index is 13.7. The number of aryl methyl sites for hydroxylation is 2. The molecule has 4 nitrogen and oxygen atoms in total. The van der Waals surface area contributed by atoms with Crippen LogP contribution in [0, 0.1) is 25.2 Å². The van der Waals surface area contributed by atoms with Gasteiger partial charge in [0.25, 0.3) is 0 Å². The van der Waals surface area contributed by atoms with Crippen molar-refractivity contribution < 1.29 is 35.9 Å². The maximum absolute atomic E-state index is 13.7. The van der Waals surface area contributed by atoms with Crippen molar-refractivity contribution >= 4 is 23.2 Å². The van der Waals surface area contributed by atoms with Gasteiger partial charge in [-0.3, -0.25) is 9.59 Å². The molecule has 2 fully saturated rings. The molecule has 10 heteroatoms. The molecule has 0 radical (unpaired) electrons. The van der Waals surface area contributed by atoms with Crippen molar-refractivity contribution in [2.75, 3.05) is 16.8 Å². The standard InChI is InChI=1S/C26H26F6N2O2/c1-15-6-5-7-16(2)22(15)34-14-24(13-21(34)35,17-8-3-4-9-17)23(36)33-20-11-18(25(27,28)29)10-19(12-20)26(30,31)32/h5-7,10-12,17H,3-4,8-9,13-14H2,1-2H3,(H,33,36). The number of nitrogens with zero attached hydrogens (tertiary/aromatic N) is 1. The fraction of sp³-hybridized carbons (Fsp3) is 0.462. The second kappa shape index (κ2) is 9.12. The van der Waals surface area contributed by atoms with Crippen LogP contribution in [-0.4, -0.2) is 18.4 Å². The van der Waals surface area contributed by atoms with Gasteiger partial charge in [-0.05, 0) is 61.9 Å². The second-order valence-electron chi connectivity index (χ2n) is 9.78. The molecule has 1 saturated carbocycles. The summed E-state index contributed by atoms with van der Waals surface area (Å²) in [6.07, 6.45) is -7.27. The maximum Gasteiger partial charge on any atom is 0.416 e. The molecule has 2 aliphatic rings. The Bertz CT molecular complexity index is 1130. The number of hydrogen-bond donors (Lipinski definition) is 1. The van der Waals surface area contributed by atoms with Gasteiger partial charge in [0.1, 0.15) is 0 Å². The topological polar surface area (TPSA) is 49.4 Å². The van der Waals surface area contributed by atoms with Gasteiger partial charge in [-0.1, -0.05) is 31.0 Å². The van der Waals surface area contributed by atoms with Crippen LogP contribution in [0.2, 0.25) is 0 Å². The SMILES string of the molecule is Cc1cccc(C)c1N1CC(C(=O)Nc2cc(C(F)(F)F)cc(C(F)(F)F)c2)(C2CCCC2)CC1=O. The summed E-state index contributed by atoms with van der Waals surface area (Å²) < 4.78 is 80.0. The molecule has 1 aliphatic heterocycles. The Morgan fingerprint density at radius 2 is 1.47 bits per heavy atom. The molecule has 36 heavy (non-hydrogen) atoms. The van der Waals surface area contributed by atoms with Gasteiger partial charge in [0.05, 0.1) is 16.5 Å². The van der Waals surface area contributed by atoms with Crippen LogP contribution in [0.3, 0.4) is 0 Å². The number of para-hydroxylation sites is 1. The first-order valence-electron chi connectivity index (χ1n) is 11.7. The highest BCUT2D eigenvalue weighted by Crippen LogP contribution is 2.49. The number of hydrogen-bond acceptors (Lipinski definition) is 2. The van der Waals surface area contributed by atoms with Crippen LogP contribution in [-0.2, 0) is 21.9 Å². The van der Waals surface area contributed by atoms with Crippen molar-refractivity contribution in [2.45, 2.75) is 58.3 Å². The number of halogens is 6. The number of amides is 2. The van der Waals surface area contributed by atoms with E-state index in [0.29, 0.717) is 30.7 Å². The van der Waals surface area contributed by atoms with Crippen molar-refractivity contribution in [3.63, 3.8) is 0 Å². The minimum Gasteiger partial charge on any atom is -0.326 e. The van der Waals surface area contributed by atoms with Crippen LogP contribution in [0.25, 0.3) is 0 Å². The van der Waals surface area contributed by atoms with Crippen molar-refractivity contribution in [3.8, 4) is 0 Å². The summed E-state index contributed by atoms with van der Waals surface area (Å²) in [6, 6.07) is 6.53. The Labute approximate surface area is 204 Å². The fourth-order valence-electron chi connectivity index (χ4n) is 5.60. The molecule has 1 atom stereocenters. The third-order valence-corrected chi connectivity index (χ3v) is 7.35. The zero-order chi connectivity index (χ0) is 26.5. The predicted octanol–water partition coefficient (Wildman–Crippen LogP) is 6.89. The summed E-state index contributed by atoms with van der Waals surface area (Å²) in [5.74, 6) is -1.25. The minimum absolute atomic E-state index is 0.0130. The summed E-state index contributed by atoms with van der Waals surface area (Å²) in [6.45, 7) is 3.69. The molecule has 1 heterocycles. The van der Waals surface area contributed by atoms with Gasteiger partial charge in [0, 0.05) is 24.3 Å². The van der Waals surface area contributed by atoms with E-state index in [1.807, 2.05) is 32.0 Å². The van der Waals surface area contributed by atoms with Gasteiger partial charge in [-0.15, -0.1) is 0 Å². The van der Waals surface area contributed by atoms with E-state index in [1.54, 1.807) is 0 Å². The van der Waals surface area contributed by atoms with E-state index >= 15 is 0 Å². The third-order valence-electron chi connectivity index (χ3n) is 7.35. The molecule has 1 saturated heterocycles. The van der Waals surface area contributed by atoms with E-state index in [-0.39, 0.29) is 30.9 Å². The predicted molar refractivity (Wildman–Crippen MR) is 122 cm³/mol. The van der Waals surface area contributed by atoms with Crippen molar-refractivity contribution in [3.05, 3.63) is 58.7 Å². The average molecular weight is 512 g/mol. The molecule has 0 bridgehead atoms. The van der Waals surface area contributed by atoms with Crippen LogP contribution in [0.1, 0.15) is 54.4 Å². The molecule has 2 amide bonds. The Morgan fingerprint density at radius 1 is 0.944 bits per heavy atom. The Balaban J connectivity index is 1.73. The molecular formula is C26H26F6N2O2. The molecule has 0 spiro atoms. The molecule has 1 aliphatic carbocycles. The first-order chi connectivity index (χ1) is 16.7. The van der Waals surface area contributed by atoms with E-state index in [9.17, 15) is 35.9 Å². The number of benzene rings is 2. The largest absolute Gasteiger partial charge is 0.416 e. The van der Waals surface area contributed by atoms with Crippen molar-refractivity contribution in [1.82, 2.24) is 0 Å². The van der Waals surface area contributed by atoms with E-state index in [0.717, 1.165) is 24.0 Å². The normalized spacial score (nSPS) is 21.3. The number of carbonyl (C=O) groups excluding carboxylic acids is 2. The highest BCUT2D eigenvalue weighted by Gasteiger charge is 2.55. The van der Waals surface area contributed by atoms with Crippen LogP contribution in [0.5, 0.6) is 0 Å². The Hall–Kier alpha value is -3.04. The first kappa shape index (κ1) is 26.0. The lowest BCUT2D eigenvalue weighted by Crippen LogP contribution is -2.44. The van der Waals surface area contributed by atoms with Gasteiger partial charge in [0.15, 0.2) is 0 Å². The van der Waals surface area contributed by atoms with E-state index < -0.39 is 40.5 Å². The summed E-state index contributed by atoms with van der Waals surface area (Å²) in [7, 11) is 0. The second-order valence-corrected chi connectivity index (χ2v) is 9.78. The minimum atomic E-state index is -5.04. The third kappa shape index (κ3) is 4.82. The number of rotatable bonds is 4. The number of anilines is 2. The zero-order valence-corrected chi connectivity index (χ0v) is 19.8. The van der Waals surface area contributed by atoms with Crippen molar-refractivity contribution in [2.24, 2.45) is 11.3 Å². The lowest BCUT2D eigenvalue weighted by Gasteiger charge is -2.34. The fourth-order valence-corrected chi connectivity index (χ4v) is 5.60. The molecule has 0 aromatic heterocycles. The van der Waals surface area contributed by atoms with Gasteiger partial charge in [-0.25, -0.2) is 0 Å². The number of carbonyl (C=O) groups is 2.